The molecule has 6 nitrogen and oxygen atoms in total. The van der Waals surface area contributed by atoms with Crippen LogP contribution in [0.3, 0.4) is 0 Å². The molecule has 0 fully saturated rings. The van der Waals surface area contributed by atoms with Crippen molar-refractivity contribution in [2.24, 2.45) is 0 Å². The molecule has 6 heteroatoms. The highest BCUT2D eigenvalue weighted by Gasteiger charge is 2.19. The summed E-state index contributed by atoms with van der Waals surface area (Å²) in [5.41, 5.74) is 0. The highest BCUT2D eigenvalue weighted by molar-refractivity contribution is 5.71. The van der Waals surface area contributed by atoms with E-state index in [0.29, 0.717) is 19.3 Å². The van der Waals surface area contributed by atoms with Gasteiger partial charge in [0.15, 0.2) is 6.10 Å². The molecule has 0 radical (unpaired) electrons. The molecule has 0 spiro atoms. The van der Waals surface area contributed by atoms with E-state index in [0.717, 1.165) is 128 Å². The number of allylic oxidation sites excluding steroid dienone is 18. The predicted octanol–water partition coefficient (Wildman–Crippen LogP) is 18.7. The van der Waals surface area contributed by atoms with Crippen molar-refractivity contribution in [1.29, 1.82) is 0 Å². The molecule has 1 atom stereocenters. The van der Waals surface area contributed by atoms with Crippen LogP contribution >= 0.6 is 0 Å². The van der Waals surface area contributed by atoms with Gasteiger partial charge in [0.25, 0.3) is 0 Å². The number of hydrogen-bond donors (Lipinski definition) is 0. The molecular weight excluding hydrogens is 841 g/mol. The lowest BCUT2D eigenvalue weighted by atomic mass is 10.1. The monoisotopic (exact) mass is 943 g/mol. The first-order chi connectivity index (χ1) is 33.5. The maximum absolute atomic E-state index is 12.8. The molecule has 0 aromatic heterocycles. The van der Waals surface area contributed by atoms with Crippen LogP contribution in [0.5, 0.6) is 0 Å². The van der Waals surface area contributed by atoms with Crippen LogP contribution < -0.4 is 0 Å². The molecule has 386 valence electrons. The lowest BCUT2D eigenvalue weighted by Crippen LogP contribution is -2.30. The van der Waals surface area contributed by atoms with Gasteiger partial charge in [0, 0.05) is 19.3 Å². The van der Waals surface area contributed by atoms with Crippen molar-refractivity contribution >= 4 is 17.9 Å². The number of rotatable bonds is 49. The van der Waals surface area contributed by atoms with Crippen molar-refractivity contribution in [2.75, 3.05) is 13.2 Å². The summed E-state index contributed by atoms with van der Waals surface area (Å²) in [5.74, 6) is -0.945. The molecule has 0 aliphatic heterocycles. The van der Waals surface area contributed by atoms with Gasteiger partial charge < -0.3 is 14.2 Å². The van der Waals surface area contributed by atoms with Crippen molar-refractivity contribution in [2.45, 2.75) is 252 Å². The second-order valence-electron chi connectivity index (χ2n) is 18.2. The molecule has 1 unspecified atom stereocenters. The number of unbranched alkanes of at least 4 members (excludes halogenated alkanes) is 24. The van der Waals surface area contributed by atoms with Gasteiger partial charge in [-0.25, -0.2) is 0 Å². The lowest BCUT2D eigenvalue weighted by Gasteiger charge is -2.18. The van der Waals surface area contributed by atoms with E-state index >= 15 is 0 Å². The Kier molecular flexibility index (Phi) is 52.4. The Morgan fingerprint density at radius 2 is 0.647 bits per heavy atom. The number of esters is 3. The molecule has 68 heavy (non-hydrogen) atoms. The van der Waals surface area contributed by atoms with Gasteiger partial charge in [-0.3, -0.25) is 14.4 Å². The zero-order valence-corrected chi connectivity index (χ0v) is 44.1. The second kappa shape index (κ2) is 55.7. The Balaban J connectivity index is 4.45. The molecule has 0 rings (SSSR count). The van der Waals surface area contributed by atoms with Crippen LogP contribution in [0.15, 0.2) is 109 Å². The van der Waals surface area contributed by atoms with Crippen LogP contribution in [0.1, 0.15) is 245 Å². The standard InChI is InChI=1S/C62H102O6/c1-4-7-10-13-16-19-22-25-27-29-31-33-34-37-40-43-46-49-52-55-61(64)67-58-59(57-66-60(63)54-51-48-45-42-39-36-24-21-18-15-12-9-6-3)68-62(65)56-53-50-47-44-41-38-35-32-30-28-26-23-20-17-14-11-8-5-2/h7,9-10,12,15-16,18-19,21,23-28,30,32,35,59H,4-6,8,11,13-14,17,20,22,29,31,33-34,36-58H2,1-3H3/b10-7+,12-9+,18-15+,19-16+,24-21+,26-23+,27-25+,30-28+,35-32+. The minimum atomic E-state index is -0.802. The Morgan fingerprint density at radius 3 is 1.06 bits per heavy atom. The highest BCUT2D eigenvalue weighted by Crippen LogP contribution is 2.14. The largest absolute Gasteiger partial charge is 0.462 e. The van der Waals surface area contributed by atoms with E-state index in [-0.39, 0.29) is 31.1 Å². The third kappa shape index (κ3) is 53.0. The molecule has 0 saturated carbocycles. The van der Waals surface area contributed by atoms with Gasteiger partial charge in [-0.15, -0.1) is 0 Å². The smallest absolute Gasteiger partial charge is 0.306 e. The predicted molar refractivity (Wildman–Crippen MR) is 293 cm³/mol. The first kappa shape index (κ1) is 64.1. The quantitative estimate of drug-likeness (QED) is 0.0199. The van der Waals surface area contributed by atoms with Crippen molar-refractivity contribution in [3.8, 4) is 0 Å². The minimum Gasteiger partial charge on any atom is -0.462 e. The summed E-state index contributed by atoms with van der Waals surface area (Å²) < 4.78 is 16.8. The molecule has 0 heterocycles. The average molecular weight is 943 g/mol. The summed E-state index contributed by atoms with van der Waals surface area (Å²) in [6.45, 7) is 6.34. The molecular formula is C62H102O6. The summed E-state index contributed by atoms with van der Waals surface area (Å²) in [4.78, 5) is 38.1. The fraction of sp³-hybridized carbons (Fsp3) is 0.661. The normalized spacial score (nSPS) is 12.9. The zero-order valence-electron chi connectivity index (χ0n) is 44.1. The SMILES string of the molecule is CC/C=C/C=C/C=C/CCCCCCCC(=O)OCC(COC(=O)CCCCCCCCCCC/C=C/C/C=C/C/C=C/CC)OC(=O)CCCCCCC/C=C/C=C/C=C/CCCCCCC. The van der Waals surface area contributed by atoms with Gasteiger partial charge >= 0.3 is 17.9 Å². The molecule has 0 aliphatic rings. The Hall–Kier alpha value is -3.93. The van der Waals surface area contributed by atoms with Crippen LogP contribution in [-0.2, 0) is 28.6 Å². The Labute approximate surface area is 419 Å². The summed E-state index contributed by atoms with van der Waals surface area (Å²) in [6, 6.07) is 0. The first-order valence-corrected chi connectivity index (χ1v) is 28.0. The van der Waals surface area contributed by atoms with Crippen LogP contribution in [0.4, 0.5) is 0 Å². The summed E-state index contributed by atoms with van der Waals surface area (Å²) >= 11 is 0. The third-order valence-corrected chi connectivity index (χ3v) is 11.6. The molecule has 0 aromatic rings. The van der Waals surface area contributed by atoms with Gasteiger partial charge in [0.2, 0.25) is 0 Å². The van der Waals surface area contributed by atoms with Gasteiger partial charge in [0.05, 0.1) is 0 Å². The van der Waals surface area contributed by atoms with Crippen LogP contribution in [0, 0.1) is 0 Å². The van der Waals surface area contributed by atoms with E-state index in [1.807, 2.05) is 0 Å². The Morgan fingerprint density at radius 1 is 0.324 bits per heavy atom. The van der Waals surface area contributed by atoms with Crippen molar-refractivity contribution in [1.82, 2.24) is 0 Å². The van der Waals surface area contributed by atoms with Crippen LogP contribution in [0.25, 0.3) is 0 Å². The number of hydrogen-bond acceptors (Lipinski definition) is 6. The van der Waals surface area contributed by atoms with E-state index in [1.165, 1.54) is 77.0 Å². The maximum atomic E-state index is 12.8. The summed E-state index contributed by atoms with van der Waals surface area (Å²) in [6.07, 6.45) is 75.0. The van der Waals surface area contributed by atoms with Crippen LogP contribution in [-0.4, -0.2) is 37.2 Å². The zero-order chi connectivity index (χ0) is 49.3. The fourth-order valence-corrected chi connectivity index (χ4v) is 7.46. The summed E-state index contributed by atoms with van der Waals surface area (Å²) in [7, 11) is 0. The van der Waals surface area contributed by atoms with Crippen molar-refractivity contribution in [3.05, 3.63) is 109 Å². The van der Waals surface area contributed by atoms with Gasteiger partial charge in [-0.05, 0) is 96.3 Å². The van der Waals surface area contributed by atoms with Crippen molar-refractivity contribution in [3.63, 3.8) is 0 Å². The number of carbonyl (C=O) groups is 3. The summed E-state index contributed by atoms with van der Waals surface area (Å²) in [5, 5.41) is 0. The second-order valence-corrected chi connectivity index (χ2v) is 18.2. The first-order valence-electron chi connectivity index (χ1n) is 28.0. The molecule has 0 N–H and O–H groups in total. The van der Waals surface area contributed by atoms with E-state index in [1.54, 1.807) is 0 Å². The average Bonchev–Trinajstić information content (AvgIpc) is 3.34. The lowest BCUT2D eigenvalue weighted by molar-refractivity contribution is -0.167. The Bertz CT molecular complexity index is 1410. The molecule has 0 saturated heterocycles. The van der Waals surface area contributed by atoms with E-state index < -0.39 is 6.10 Å². The third-order valence-electron chi connectivity index (χ3n) is 11.6. The van der Waals surface area contributed by atoms with Gasteiger partial charge in [-0.1, -0.05) is 239 Å². The molecule has 0 aliphatic carbocycles. The van der Waals surface area contributed by atoms with Crippen LogP contribution in [0.2, 0.25) is 0 Å². The maximum Gasteiger partial charge on any atom is 0.306 e. The molecule has 0 aromatic carbocycles. The topological polar surface area (TPSA) is 78.9 Å². The van der Waals surface area contributed by atoms with Gasteiger partial charge in [-0.2, -0.15) is 0 Å². The minimum absolute atomic E-state index is 0.0978. The number of carbonyl (C=O) groups excluding carboxylic acids is 3. The van der Waals surface area contributed by atoms with E-state index in [9.17, 15) is 14.4 Å². The highest BCUT2D eigenvalue weighted by atomic mass is 16.6. The van der Waals surface area contributed by atoms with Gasteiger partial charge in [0.1, 0.15) is 13.2 Å². The number of ether oxygens (including phenoxy) is 3. The van der Waals surface area contributed by atoms with Crippen molar-refractivity contribution < 1.29 is 28.6 Å². The van der Waals surface area contributed by atoms with E-state index in [4.69, 9.17) is 14.2 Å². The molecule has 0 bridgehead atoms. The van der Waals surface area contributed by atoms with E-state index in [2.05, 4.69) is 130 Å². The molecule has 0 amide bonds. The fourth-order valence-electron chi connectivity index (χ4n) is 7.46.